The van der Waals surface area contributed by atoms with Gasteiger partial charge in [-0.2, -0.15) is 5.06 Å². The first-order valence-corrected chi connectivity index (χ1v) is 4.45. The first-order chi connectivity index (χ1) is 5.28. The molecule has 0 aliphatic carbocycles. The SMILES string of the molecule is CC1=CCC(C)(C)N(O)C1(C)C. The first kappa shape index (κ1) is 9.75. The highest BCUT2D eigenvalue weighted by atomic mass is 16.5. The molecule has 70 valence electrons. The Hall–Kier alpha value is -0.340. The Balaban J connectivity index is 3.04. The quantitative estimate of drug-likeness (QED) is 0.563. The Morgan fingerprint density at radius 3 is 2.25 bits per heavy atom. The first-order valence-electron chi connectivity index (χ1n) is 4.45. The highest BCUT2D eigenvalue weighted by Crippen LogP contribution is 2.36. The minimum atomic E-state index is -0.220. The van der Waals surface area contributed by atoms with Crippen LogP contribution >= 0.6 is 0 Å². The molecule has 1 heterocycles. The lowest BCUT2D eigenvalue weighted by molar-refractivity contribution is -0.216. The zero-order valence-corrected chi connectivity index (χ0v) is 8.68. The molecule has 0 spiro atoms. The van der Waals surface area contributed by atoms with Gasteiger partial charge in [-0.25, -0.2) is 0 Å². The van der Waals surface area contributed by atoms with E-state index in [0.717, 1.165) is 6.42 Å². The van der Waals surface area contributed by atoms with Crippen molar-refractivity contribution in [2.75, 3.05) is 0 Å². The lowest BCUT2D eigenvalue weighted by atomic mass is 9.82. The Morgan fingerprint density at radius 2 is 1.83 bits per heavy atom. The molecule has 0 saturated heterocycles. The van der Waals surface area contributed by atoms with Crippen LogP contribution < -0.4 is 0 Å². The van der Waals surface area contributed by atoms with Gasteiger partial charge in [0.25, 0.3) is 0 Å². The molecule has 0 atom stereocenters. The second-order valence-electron chi connectivity index (χ2n) is 4.77. The maximum absolute atomic E-state index is 9.93. The maximum atomic E-state index is 9.93. The summed E-state index contributed by atoms with van der Waals surface area (Å²) < 4.78 is 0. The molecular weight excluding hydrogens is 150 g/mol. The third-order valence-electron chi connectivity index (χ3n) is 2.98. The second kappa shape index (κ2) is 2.57. The maximum Gasteiger partial charge on any atom is 0.0616 e. The number of rotatable bonds is 0. The summed E-state index contributed by atoms with van der Waals surface area (Å²) in [6.07, 6.45) is 3.13. The van der Waals surface area contributed by atoms with Crippen molar-refractivity contribution in [3.05, 3.63) is 11.6 Å². The van der Waals surface area contributed by atoms with Crippen LogP contribution in [0, 0.1) is 0 Å². The third-order valence-corrected chi connectivity index (χ3v) is 2.98. The molecule has 1 N–H and O–H groups in total. The zero-order chi connectivity index (χ0) is 9.57. The summed E-state index contributed by atoms with van der Waals surface area (Å²) >= 11 is 0. The normalized spacial score (nSPS) is 28.3. The van der Waals surface area contributed by atoms with Crippen molar-refractivity contribution in [1.29, 1.82) is 0 Å². The van der Waals surface area contributed by atoms with E-state index in [2.05, 4.69) is 26.8 Å². The van der Waals surface area contributed by atoms with Crippen molar-refractivity contribution >= 4 is 0 Å². The summed E-state index contributed by atoms with van der Waals surface area (Å²) in [4.78, 5) is 0. The minimum absolute atomic E-state index is 0.136. The van der Waals surface area contributed by atoms with Gasteiger partial charge in [0.2, 0.25) is 0 Å². The van der Waals surface area contributed by atoms with Crippen LogP contribution in [0.4, 0.5) is 0 Å². The molecule has 0 unspecified atom stereocenters. The topological polar surface area (TPSA) is 23.5 Å². The molecule has 1 aliphatic rings. The van der Waals surface area contributed by atoms with Gasteiger partial charge in [-0.3, -0.25) is 0 Å². The van der Waals surface area contributed by atoms with Crippen LogP contribution in [0.1, 0.15) is 41.0 Å². The van der Waals surface area contributed by atoms with E-state index in [-0.39, 0.29) is 11.1 Å². The smallest absolute Gasteiger partial charge is 0.0616 e. The van der Waals surface area contributed by atoms with Gasteiger partial charge in [0, 0.05) is 5.54 Å². The number of hydroxylamine groups is 2. The molecule has 0 aromatic rings. The predicted molar refractivity (Wildman–Crippen MR) is 50.2 cm³/mol. The zero-order valence-electron chi connectivity index (χ0n) is 8.68. The summed E-state index contributed by atoms with van der Waals surface area (Å²) in [5.41, 5.74) is 0.884. The molecule has 0 aromatic carbocycles. The van der Waals surface area contributed by atoms with Gasteiger partial charge in [-0.05, 0) is 41.0 Å². The van der Waals surface area contributed by atoms with Crippen LogP contribution in [-0.2, 0) is 0 Å². The van der Waals surface area contributed by atoms with Crippen LogP contribution in [0.25, 0.3) is 0 Å². The standard InChI is InChI=1S/C10H19NO/c1-8-6-7-9(2,3)11(12)10(8,4)5/h6,12H,7H2,1-5H3. The van der Waals surface area contributed by atoms with E-state index in [1.165, 1.54) is 10.6 Å². The van der Waals surface area contributed by atoms with Gasteiger partial charge in [-0.15, -0.1) is 0 Å². The van der Waals surface area contributed by atoms with Crippen molar-refractivity contribution in [1.82, 2.24) is 5.06 Å². The Labute approximate surface area is 74.8 Å². The molecule has 1 aliphatic heterocycles. The molecule has 0 saturated carbocycles. The van der Waals surface area contributed by atoms with E-state index in [1.807, 2.05) is 13.8 Å². The molecule has 0 bridgehead atoms. The summed E-state index contributed by atoms with van der Waals surface area (Å²) in [6.45, 7) is 10.3. The highest BCUT2D eigenvalue weighted by molar-refractivity contribution is 5.20. The van der Waals surface area contributed by atoms with E-state index in [4.69, 9.17) is 0 Å². The second-order valence-corrected chi connectivity index (χ2v) is 4.77. The minimum Gasteiger partial charge on any atom is -0.313 e. The molecule has 2 heteroatoms. The van der Waals surface area contributed by atoms with Gasteiger partial charge >= 0.3 is 0 Å². The van der Waals surface area contributed by atoms with Gasteiger partial charge in [0.1, 0.15) is 0 Å². The molecule has 2 nitrogen and oxygen atoms in total. The predicted octanol–water partition coefficient (Wildman–Crippen LogP) is 2.58. The van der Waals surface area contributed by atoms with E-state index < -0.39 is 0 Å². The van der Waals surface area contributed by atoms with Gasteiger partial charge in [0.15, 0.2) is 0 Å². The highest BCUT2D eigenvalue weighted by Gasteiger charge is 2.40. The van der Waals surface area contributed by atoms with Crippen LogP contribution in [-0.4, -0.2) is 21.3 Å². The van der Waals surface area contributed by atoms with Crippen LogP contribution in [0.15, 0.2) is 11.6 Å². The summed E-state index contributed by atoms with van der Waals surface area (Å²) in [5, 5.41) is 11.4. The van der Waals surface area contributed by atoms with Crippen molar-refractivity contribution in [3.63, 3.8) is 0 Å². The van der Waals surface area contributed by atoms with Crippen molar-refractivity contribution < 1.29 is 5.21 Å². The average molecular weight is 169 g/mol. The van der Waals surface area contributed by atoms with E-state index >= 15 is 0 Å². The third kappa shape index (κ3) is 1.29. The lowest BCUT2D eigenvalue weighted by Crippen LogP contribution is -2.56. The van der Waals surface area contributed by atoms with Gasteiger partial charge in [0.05, 0.1) is 5.54 Å². The summed E-state index contributed by atoms with van der Waals surface area (Å²) in [7, 11) is 0. The summed E-state index contributed by atoms with van der Waals surface area (Å²) in [6, 6.07) is 0. The lowest BCUT2D eigenvalue weighted by Gasteiger charge is -2.47. The van der Waals surface area contributed by atoms with E-state index in [0.29, 0.717) is 0 Å². The van der Waals surface area contributed by atoms with Crippen molar-refractivity contribution in [3.8, 4) is 0 Å². The number of hydrogen-bond acceptors (Lipinski definition) is 2. The molecule has 0 aromatic heterocycles. The molecule has 12 heavy (non-hydrogen) atoms. The Morgan fingerprint density at radius 1 is 1.33 bits per heavy atom. The van der Waals surface area contributed by atoms with Crippen LogP contribution in [0.2, 0.25) is 0 Å². The summed E-state index contributed by atoms with van der Waals surface area (Å²) in [5.74, 6) is 0. The molecule has 0 radical (unpaired) electrons. The number of nitrogens with zero attached hydrogens (tertiary/aromatic N) is 1. The molecule has 0 fully saturated rings. The molecular formula is C10H19NO. The van der Waals surface area contributed by atoms with E-state index in [1.54, 1.807) is 0 Å². The fraction of sp³-hybridized carbons (Fsp3) is 0.800. The average Bonchev–Trinajstić information content (AvgIpc) is 1.96. The fourth-order valence-electron chi connectivity index (χ4n) is 1.66. The van der Waals surface area contributed by atoms with Crippen molar-refractivity contribution in [2.45, 2.75) is 52.1 Å². The van der Waals surface area contributed by atoms with Gasteiger partial charge < -0.3 is 5.21 Å². The fourth-order valence-corrected chi connectivity index (χ4v) is 1.66. The monoisotopic (exact) mass is 169 g/mol. The molecule has 1 rings (SSSR count). The van der Waals surface area contributed by atoms with E-state index in [9.17, 15) is 5.21 Å². The number of hydrogen-bond donors (Lipinski definition) is 1. The Kier molecular flexibility index (Phi) is 2.09. The van der Waals surface area contributed by atoms with Crippen molar-refractivity contribution in [2.24, 2.45) is 0 Å². The molecule has 0 amide bonds. The van der Waals surface area contributed by atoms with Crippen LogP contribution in [0.5, 0.6) is 0 Å². The van der Waals surface area contributed by atoms with Crippen LogP contribution in [0.3, 0.4) is 0 Å². The Bertz CT molecular complexity index is 216. The van der Waals surface area contributed by atoms with Gasteiger partial charge in [-0.1, -0.05) is 11.6 Å². The largest absolute Gasteiger partial charge is 0.313 e.